The average Bonchev–Trinajstić information content (AvgIpc) is 3.25. The molecular weight excluding hydrogens is 378 g/mol. The first-order valence-corrected chi connectivity index (χ1v) is 9.42. The van der Waals surface area contributed by atoms with E-state index in [1.54, 1.807) is 12.1 Å². The zero-order valence-electron chi connectivity index (χ0n) is 15.7. The number of nitrogens with one attached hydrogen (secondary N) is 1. The number of pyridine rings is 1. The van der Waals surface area contributed by atoms with Crippen molar-refractivity contribution in [1.29, 1.82) is 0 Å². The van der Waals surface area contributed by atoms with E-state index in [-0.39, 0.29) is 24.4 Å². The summed E-state index contributed by atoms with van der Waals surface area (Å²) in [5.41, 5.74) is 1.38. The Balaban J connectivity index is 1.52. The standard InChI is InChI=1S/C19H21N5O5/c25-9-13-8-12-2-1-6-24(17(12)21-15(13)10-26)19(27)23-18-20-5-3-16(22-18)29-14-4-7-28-11-14/h3,5,8,10,14,25H,1-2,4,6-7,9,11H2,(H,20,22,23,27)/t14-/m0/s1. The predicted octanol–water partition coefficient (Wildman–Crippen LogP) is 1.33. The molecule has 29 heavy (non-hydrogen) atoms. The lowest BCUT2D eigenvalue weighted by Gasteiger charge is -2.28. The quantitative estimate of drug-likeness (QED) is 0.721. The number of carbonyl (C=O) groups is 2. The summed E-state index contributed by atoms with van der Waals surface area (Å²) in [6.45, 7) is 1.32. The molecule has 0 bridgehead atoms. The number of aliphatic hydroxyl groups excluding tert-OH is 1. The third-order valence-electron chi connectivity index (χ3n) is 4.83. The van der Waals surface area contributed by atoms with E-state index in [1.807, 2.05) is 0 Å². The smallest absolute Gasteiger partial charge is 0.329 e. The Morgan fingerprint density at radius 3 is 3.10 bits per heavy atom. The maximum Gasteiger partial charge on any atom is 0.329 e. The number of carbonyl (C=O) groups excluding carboxylic acids is 2. The number of ether oxygens (including phenoxy) is 2. The molecule has 0 spiro atoms. The van der Waals surface area contributed by atoms with Gasteiger partial charge in [-0.1, -0.05) is 0 Å². The number of hydrogen-bond donors (Lipinski definition) is 2. The molecule has 0 aromatic carbocycles. The highest BCUT2D eigenvalue weighted by atomic mass is 16.5. The summed E-state index contributed by atoms with van der Waals surface area (Å²) in [4.78, 5) is 38.2. The molecule has 1 fully saturated rings. The Bertz CT molecular complexity index is 916. The van der Waals surface area contributed by atoms with E-state index in [2.05, 4.69) is 20.3 Å². The SMILES string of the molecule is O=Cc1nc2c(cc1CO)CCCN2C(=O)Nc1nccc(O[C@H]2CCOC2)n1. The first-order valence-electron chi connectivity index (χ1n) is 9.42. The third kappa shape index (κ3) is 4.17. The molecule has 4 rings (SSSR count). The highest BCUT2D eigenvalue weighted by molar-refractivity contribution is 6.01. The molecule has 2 amide bonds. The van der Waals surface area contributed by atoms with Crippen LogP contribution >= 0.6 is 0 Å². The molecule has 0 aliphatic carbocycles. The van der Waals surface area contributed by atoms with E-state index in [0.29, 0.717) is 49.7 Å². The summed E-state index contributed by atoms with van der Waals surface area (Å²) in [6, 6.07) is 2.90. The molecule has 4 heterocycles. The van der Waals surface area contributed by atoms with Gasteiger partial charge in [-0.05, 0) is 24.5 Å². The summed E-state index contributed by atoms with van der Waals surface area (Å²) in [5.74, 6) is 0.878. The van der Waals surface area contributed by atoms with Crippen molar-refractivity contribution >= 4 is 24.1 Å². The van der Waals surface area contributed by atoms with Gasteiger partial charge in [-0.25, -0.2) is 14.8 Å². The van der Waals surface area contributed by atoms with Gasteiger partial charge in [0.25, 0.3) is 0 Å². The Morgan fingerprint density at radius 1 is 1.45 bits per heavy atom. The third-order valence-corrected chi connectivity index (χ3v) is 4.83. The number of amides is 2. The lowest BCUT2D eigenvalue weighted by Crippen LogP contribution is -2.40. The number of hydrogen-bond acceptors (Lipinski definition) is 8. The first-order chi connectivity index (χ1) is 14.2. The number of anilines is 2. The Hall–Kier alpha value is -3.11. The second kappa shape index (κ2) is 8.50. The molecular formula is C19H21N5O5. The van der Waals surface area contributed by atoms with Crippen LogP contribution in [0.5, 0.6) is 5.88 Å². The second-order valence-corrected chi connectivity index (χ2v) is 6.80. The molecule has 2 aromatic heterocycles. The summed E-state index contributed by atoms with van der Waals surface area (Å²) < 4.78 is 11.0. The first kappa shape index (κ1) is 19.2. The van der Waals surface area contributed by atoms with Gasteiger partial charge in [0.05, 0.1) is 19.8 Å². The average molecular weight is 399 g/mol. The maximum absolute atomic E-state index is 12.8. The lowest BCUT2D eigenvalue weighted by atomic mass is 10.0. The number of aryl methyl sites for hydroxylation is 1. The number of aromatic nitrogens is 3. The van der Waals surface area contributed by atoms with Crippen LogP contribution in [0.3, 0.4) is 0 Å². The minimum absolute atomic E-state index is 0.0610. The van der Waals surface area contributed by atoms with Crippen molar-refractivity contribution in [1.82, 2.24) is 15.0 Å². The number of aliphatic hydroxyl groups is 1. The molecule has 10 heteroatoms. The van der Waals surface area contributed by atoms with Gasteiger partial charge in [-0.3, -0.25) is 15.0 Å². The molecule has 1 saturated heterocycles. The molecule has 0 radical (unpaired) electrons. The Labute approximate surface area is 166 Å². The topological polar surface area (TPSA) is 127 Å². The molecule has 2 aliphatic heterocycles. The van der Waals surface area contributed by atoms with Gasteiger partial charge >= 0.3 is 6.03 Å². The highest BCUT2D eigenvalue weighted by Crippen LogP contribution is 2.27. The molecule has 2 aromatic rings. The van der Waals surface area contributed by atoms with E-state index in [1.165, 1.54) is 11.1 Å². The van der Waals surface area contributed by atoms with E-state index >= 15 is 0 Å². The van der Waals surface area contributed by atoms with Crippen molar-refractivity contribution in [2.24, 2.45) is 0 Å². The summed E-state index contributed by atoms with van der Waals surface area (Å²) in [5, 5.41) is 12.1. The van der Waals surface area contributed by atoms with Gasteiger partial charge in [0.2, 0.25) is 11.8 Å². The van der Waals surface area contributed by atoms with Gasteiger partial charge in [0.15, 0.2) is 6.29 Å². The van der Waals surface area contributed by atoms with Crippen LogP contribution in [-0.4, -0.2) is 58.2 Å². The van der Waals surface area contributed by atoms with Crippen molar-refractivity contribution in [3.05, 3.63) is 35.2 Å². The van der Waals surface area contributed by atoms with Crippen molar-refractivity contribution < 1.29 is 24.2 Å². The molecule has 2 N–H and O–H groups in total. The lowest BCUT2D eigenvalue weighted by molar-refractivity contribution is 0.111. The second-order valence-electron chi connectivity index (χ2n) is 6.80. The van der Waals surface area contributed by atoms with Crippen LogP contribution in [0.4, 0.5) is 16.6 Å². The predicted molar refractivity (Wildman–Crippen MR) is 102 cm³/mol. The molecule has 0 unspecified atom stereocenters. The normalized spacial score (nSPS) is 18.2. The molecule has 2 aliphatic rings. The van der Waals surface area contributed by atoms with Gasteiger partial charge in [0.1, 0.15) is 17.6 Å². The van der Waals surface area contributed by atoms with Crippen LogP contribution in [0.2, 0.25) is 0 Å². The van der Waals surface area contributed by atoms with Gasteiger partial charge < -0.3 is 14.6 Å². The summed E-state index contributed by atoms with van der Waals surface area (Å²) in [7, 11) is 0. The van der Waals surface area contributed by atoms with E-state index in [0.717, 1.165) is 18.4 Å². The van der Waals surface area contributed by atoms with E-state index < -0.39 is 6.03 Å². The van der Waals surface area contributed by atoms with Crippen LogP contribution in [-0.2, 0) is 17.8 Å². The monoisotopic (exact) mass is 399 g/mol. The van der Waals surface area contributed by atoms with Crippen LogP contribution in [0.25, 0.3) is 0 Å². The van der Waals surface area contributed by atoms with Crippen molar-refractivity contribution in [2.75, 3.05) is 30.0 Å². The van der Waals surface area contributed by atoms with Crippen LogP contribution in [0.1, 0.15) is 34.5 Å². The van der Waals surface area contributed by atoms with Crippen LogP contribution in [0, 0.1) is 0 Å². The number of aldehydes is 1. The number of nitrogens with zero attached hydrogens (tertiary/aromatic N) is 4. The van der Waals surface area contributed by atoms with Crippen molar-refractivity contribution in [3.63, 3.8) is 0 Å². The largest absolute Gasteiger partial charge is 0.472 e. The molecule has 152 valence electrons. The molecule has 0 saturated carbocycles. The zero-order valence-corrected chi connectivity index (χ0v) is 15.7. The maximum atomic E-state index is 12.8. The Morgan fingerprint density at radius 2 is 2.34 bits per heavy atom. The van der Waals surface area contributed by atoms with Crippen LogP contribution in [0.15, 0.2) is 18.3 Å². The number of fused-ring (bicyclic) bond motifs is 1. The fraction of sp³-hybridized carbons (Fsp3) is 0.421. The van der Waals surface area contributed by atoms with Gasteiger partial charge in [-0.15, -0.1) is 0 Å². The number of urea groups is 1. The van der Waals surface area contributed by atoms with Crippen LogP contribution < -0.4 is 15.0 Å². The van der Waals surface area contributed by atoms with Crippen molar-refractivity contribution in [3.8, 4) is 5.88 Å². The molecule has 10 nitrogen and oxygen atoms in total. The highest BCUT2D eigenvalue weighted by Gasteiger charge is 2.26. The fourth-order valence-electron chi connectivity index (χ4n) is 3.39. The van der Waals surface area contributed by atoms with E-state index in [4.69, 9.17) is 9.47 Å². The molecule has 1 atom stereocenters. The number of rotatable bonds is 5. The minimum atomic E-state index is -0.451. The zero-order chi connectivity index (χ0) is 20.2. The van der Waals surface area contributed by atoms with Gasteiger partial charge in [0, 0.05) is 30.8 Å². The fourth-order valence-corrected chi connectivity index (χ4v) is 3.39. The summed E-state index contributed by atoms with van der Waals surface area (Å²) >= 11 is 0. The van der Waals surface area contributed by atoms with Crippen molar-refractivity contribution in [2.45, 2.75) is 32.0 Å². The Kier molecular flexibility index (Phi) is 5.63. The minimum Gasteiger partial charge on any atom is -0.472 e. The summed E-state index contributed by atoms with van der Waals surface area (Å²) in [6.07, 6.45) is 4.26. The van der Waals surface area contributed by atoms with E-state index in [9.17, 15) is 14.7 Å². The van der Waals surface area contributed by atoms with Gasteiger partial charge in [-0.2, -0.15) is 4.98 Å².